The fourth-order valence-corrected chi connectivity index (χ4v) is 4.00. The first-order chi connectivity index (χ1) is 11.3. The normalized spacial score (nSPS) is 16.1. The summed E-state index contributed by atoms with van der Waals surface area (Å²) in [4.78, 5) is 14.5. The predicted octanol–water partition coefficient (Wildman–Crippen LogP) is 2.98. The van der Waals surface area contributed by atoms with Crippen molar-refractivity contribution in [3.63, 3.8) is 0 Å². The SMILES string of the molecule is CC(C)c1ccccc1N(CC(=O)N1CCCCCC1)S(C)(=O)=O. The number of benzene rings is 1. The van der Waals surface area contributed by atoms with Crippen LogP contribution in [0.5, 0.6) is 0 Å². The number of nitrogens with zero attached hydrogens (tertiary/aromatic N) is 2. The second-order valence-corrected chi connectivity index (χ2v) is 8.68. The minimum absolute atomic E-state index is 0.110. The van der Waals surface area contributed by atoms with E-state index in [-0.39, 0.29) is 18.4 Å². The summed E-state index contributed by atoms with van der Waals surface area (Å²) >= 11 is 0. The van der Waals surface area contributed by atoms with E-state index in [0.29, 0.717) is 5.69 Å². The maximum absolute atomic E-state index is 12.7. The van der Waals surface area contributed by atoms with Crippen molar-refractivity contribution in [3.05, 3.63) is 29.8 Å². The predicted molar refractivity (Wildman–Crippen MR) is 97.8 cm³/mol. The van der Waals surface area contributed by atoms with Crippen LogP contribution in [0, 0.1) is 0 Å². The van der Waals surface area contributed by atoms with Crippen LogP contribution in [0.3, 0.4) is 0 Å². The number of likely N-dealkylation sites (tertiary alicyclic amines) is 1. The number of sulfonamides is 1. The van der Waals surface area contributed by atoms with Gasteiger partial charge in [-0.3, -0.25) is 9.10 Å². The van der Waals surface area contributed by atoms with Crippen LogP contribution in [0.25, 0.3) is 0 Å². The first kappa shape index (κ1) is 18.8. The molecule has 1 saturated heterocycles. The van der Waals surface area contributed by atoms with Gasteiger partial charge in [-0.05, 0) is 30.4 Å². The Hall–Kier alpha value is -1.56. The van der Waals surface area contributed by atoms with Gasteiger partial charge in [0.15, 0.2) is 0 Å². The van der Waals surface area contributed by atoms with Crippen molar-refractivity contribution in [1.29, 1.82) is 0 Å². The summed E-state index contributed by atoms with van der Waals surface area (Å²) in [7, 11) is -3.53. The minimum atomic E-state index is -3.53. The van der Waals surface area contributed by atoms with Crippen LogP contribution < -0.4 is 4.31 Å². The molecule has 0 aromatic heterocycles. The van der Waals surface area contributed by atoms with E-state index in [1.165, 1.54) is 10.6 Å². The van der Waals surface area contributed by atoms with Crippen LogP contribution >= 0.6 is 0 Å². The average molecular weight is 353 g/mol. The highest BCUT2D eigenvalue weighted by atomic mass is 32.2. The van der Waals surface area contributed by atoms with Crippen molar-refractivity contribution in [2.75, 3.05) is 30.2 Å². The highest BCUT2D eigenvalue weighted by molar-refractivity contribution is 7.92. The molecular formula is C18H28N2O3S. The number of hydrogen-bond donors (Lipinski definition) is 0. The molecule has 1 aromatic carbocycles. The number of para-hydroxylation sites is 1. The van der Waals surface area contributed by atoms with Gasteiger partial charge < -0.3 is 4.90 Å². The lowest BCUT2D eigenvalue weighted by atomic mass is 10.0. The van der Waals surface area contributed by atoms with Gasteiger partial charge in [-0.2, -0.15) is 0 Å². The third-order valence-corrected chi connectivity index (χ3v) is 5.59. The Labute approximate surface area is 145 Å². The Bertz CT molecular complexity index is 663. The topological polar surface area (TPSA) is 57.7 Å². The molecule has 5 nitrogen and oxygen atoms in total. The maximum Gasteiger partial charge on any atom is 0.243 e. The Morgan fingerprint density at radius 3 is 2.25 bits per heavy atom. The van der Waals surface area contributed by atoms with E-state index in [0.717, 1.165) is 44.3 Å². The van der Waals surface area contributed by atoms with E-state index in [1.54, 1.807) is 6.07 Å². The number of amides is 1. The van der Waals surface area contributed by atoms with Crippen LogP contribution in [-0.2, 0) is 14.8 Å². The second-order valence-electron chi connectivity index (χ2n) is 6.78. The summed E-state index contributed by atoms with van der Waals surface area (Å²) in [6.45, 7) is 5.37. The van der Waals surface area contributed by atoms with Gasteiger partial charge in [0.2, 0.25) is 15.9 Å². The molecular weight excluding hydrogens is 324 g/mol. The van der Waals surface area contributed by atoms with Crippen LogP contribution in [0.15, 0.2) is 24.3 Å². The molecule has 24 heavy (non-hydrogen) atoms. The number of rotatable bonds is 5. The van der Waals surface area contributed by atoms with Crippen LogP contribution in [-0.4, -0.2) is 45.1 Å². The molecule has 2 rings (SSSR count). The molecule has 0 unspecified atom stereocenters. The molecule has 1 aromatic rings. The largest absolute Gasteiger partial charge is 0.341 e. The zero-order chi connectivity index (χ0) is 17.7. The van der Waals surface area contributed by atoms with E-state index < -0.39 is 10.0 Å². The van der Waals surface area contributed by atoms with Gasteiger partial charge in [-0.25, -0.2) is 8.42 Å². The van der Waals surface area contributed by atoms with Gasteiger partial charge in [0.05, 0.1) is 11.9 Å². The molecule has 1 heterocycles. The maximum atomic E-state index is 12.7. The van der Waals surface area contributed by atoms with Crippen molar-refractivity contribution in [3.8, 4) is 0 Å². The van der Waals surface area contributed by atoms with E-state index in [2.05, 4.69) is 0 Å². The number of hydrogen-bond acceptors (Lipinski definition) is 3. The highest BCUT2D eigenvalue weighted by Crippen LogP contribution is 2.29. The first-order valence-corrected chi connectivity index (χ1v) is 10.5. The summed E-state index contributed by atoms with van der Waals surface area (Å²) in [5, 5.41) is 0. The molecule has 0 atom stereocenters. The van der Waals surface area contributed by atoms with Crippen molar-refractivity contribution >= 4 is 21.6 Å². The Morgan fingerprint density at radius 2 is 1.71 bits per heavy atom. The standard InChI is InChI=1S/C18H28N2O3S/c1-15(2)16-10-6-7-11-17(16)20(24(3,22)23)14-18(21)19-12-8-4-5-9-13-19/h6-7,10-11,15H,4-5,8-9,12-14H2,1-3H3. The average Bonchev–Trinajstić information content (AvgIpc) is 2.80. The van der Waals surface area contributed by atoms with Crippen molar-refractivity contribution in [2.45, 2.75) is 45.4 Å². The van der Waals surface area contributed by atoms with Crippen LogP contribution in [0.4, 0.5) is 5.69 Å². The number of carbonyl (C=O) groups excluding carboxylic acids is 1. The molecule has 1 aliphatic heterocycles. The smallest absolute Gasteiger partial charge is 0.243 e. The van der Waals surface area contributed by atoms with E-state index in [4.69, 9.17) is 0 Å². The summed E-state index contributed by atoms with van der Waals surface area (Å²) in [5.74, 6) is 0.0691. The summed E-state index contributed by atoms with van der Waals surface area (Å²) in [6, 6.07) is 7.42. The molecule has 134 valence electrons. The summed E-state index contributed by atoms with van der Waals surface area (Å²) in [5.41, 5.74) is 1.55. The van der Waals surface area contributed by atoms with E-state index in [9.17, 15) is 13.2 Å². The lowest BCUT2D eigenvalue weighted by Gasteiger charge is -2.28. The quantitative estimate of drug-likeness (QED) is 0.818. The zero-order valence-corrected chi connectivity index (χ0v) is 15.7. The molecule has 0 saturated carbocycles. The Morgan fingerprint density at radius 1 is 1.12 bits per heavy atom. The van der Waals surface area contributed by atoms with Crippen molar-refractivity contribution in [1.82, 2.24) is 4.90 Å². The van der Waals surface area contributed by atoms with Gasteiger partial charge in [-0.1, -0.05) is 44.9 Å². The molecule has 1 fully saturated rings. The zero-order valence-electron chi connectivity index (χ0n) is 14.9. The second kappa shape index (κ2) is 8.01. The molecule has 1 aliphatic rings. The molecule has 0 spiro atoms. The van der Waals surface area contributed by atoms with Crippen LogP contribution in [0.2, 0.25) is 0 Å². The van der Waals surface area contributed by atoms with Crippen LogP contribution in [0.1, 0.15) is 51.0 Å². The van der Waals surface area contributed by atoms with Crippen molar-refractivity contribution in [2.24, 2.45) is 0 Å². The molecule has 0 aliphatic carbocycles. The fourth-order valence-electron chi connectivity index (χ4n) is 3.13. The highest BCUT2D eigenvalue weighted by Gasteiger charge is 2.26. The molecule has 0 N–H and O–H groups in total. The van der Waals surface area contributed by atoms with E-state index in [1.807, 2.05) is 36.9 Å². The van der Waals surface area contributed by atoms with Crippen molar-refractivity contribution < 1.29 is 13.2 Å². The third kappa shape index (κ3) is 4.72. The molecule has 0 bridgehead atoms. The van der Waals surface area contributed by atoms with E-state index >= 15 is 0 Å². The van der Waals surface area contributed by atoms with Gasteiger partial charge in [-0.15, -0.1) is 0 Å². The third-order valence-electron chi connectivity index (χ3n) is 4.47. The molecule has 1 amide bonds. The van der Waals surface area contributed by atoms with Gasteiger partial charge in [0.1, 0.15) is 6.54 Å². The van der Waals surface area contributed by atoms with Gasteiger partial charge in [0, 0.05) is 13.1 Å². The van der Waals surface area contributed by atoms with Gasteiger partial charge >= 0.3 is 0 Å². The lowest BCUT2D eigenvalue weighted by molar-refractivity contribution is -0.129. The Kier molecular flexibility index (Phi) is 6.27. The monoisotopic (exact) mass is 352 g/mol. The van der Waals surface area contributed by atoms with Gasteiger partial charge in [0.25, 0.3) is 0 Å². The lowest BCUT2D eigenvalue weighted by Crippen LogP contribution is -2.43. The Balaban J connectivity index is 2.29. The molecule has 0 radical (unpaired) electrons. The first-order valence-electron chi connectivity index (χ1n) is 8.65. The number of carbonyl (C=O) groups is 1. The summed E-state index contributed by atoms with van der Waals surface area (Å²) < 4.78 is 26.0. The fraction of sp³-hybridized carbons (Fsp3) is 0.611. The molecule has 6 heteroatoms. The summed E-state index contributed by atoms with van der Waals surface area (Å²) in [6.07, 6.45) is 5.42. The minimum Gasteiger partial charge on any atom is -0.341 e. The number of anilines is 1.